The average molecular weight is 648 g/mol. The molecule has 4 aromatic rings. The van der Waals surface area contributed by atoms with Gasteiger partial charge in [-0.3, -0.25) is 24.5 Å². The lowest BCUT2D eigenvalue weighted by Gasteiger charge is -2.30. The van der Waals surface area contributed by atoms with Crippen LogP contribution in [0.2, 0.25) is 5.02 Å². The van der Waals surface area contributed by atoms with Crippen LogP contribution in [0.4, 0.5) is 24.5 Å². The number of hydrogen-bond acceptors (Lipinski definition) is 8. The van der Waals surface area contributed by atoms with Gasteiger partial charge >= 0.3 is 11.0 Å². The van der Waals surface area contributed by atoms with Crippen LogP contribution in [-0.4, -0.2) is 27.0 Å². The Morgan fingerprint density at radius 3 is 2.44 bits per heavy atom. The van der Waals surface area contributed by atoms with Crippen molar-refractivity contribution in [3.05, 3.63) is 113 Å². The molecule has 220 valence electrons. The van der Waals surface area contributed by atoms with Gasteiger partial charge < -0.3 is 9.72 Å². The van der Waals surface area contributed by atoms with Crippen LogP contribution in [0.1, 0.15) is 27.5 Å². The maximum Gasteiger partial charge on any atom is 0.418 e. The van der Waals surface area contributed by atoms with Crippen molar-refractivity contribution in [3.63, 3.8) is 0 Å². The summed E-state index contributed by atoms with van der Waals surface area (Å²) in [6, 6.07) is 14.8. The first-order chi connectivity index (χ1) is 20.4. The van der Waals surface area contributed by atoms with E-state index in [1.807, 2.05) is 0 Å². The fourth-order valence-corrected chi connectivity index (χ4v) is 7.90. The lowest BCUT2D eigenvalue weighted by Crippen LogP contribution is -2.33. The molecule has 3 aromatic carbocycles. The zero-order chi connectivity index (χ0) is 30.6. The number of anilines is 1. The molecule has 1 N–H and O–H groups in total. The molecule has 9 nitrogen and oxygen atoms in total. The molecule has 2 unspecified atom stereocenters. The number of rotatable bonds is 6. The lowest BCUT2D eigenvalue weighted by atomic mass is 9.82. The maximum atomic E-state index is 14.0. The van der Waals surface area contributed by atoms with E-state index in [-0.39, 0.29) is 28.6 Å². The van der Waals surface area contributed by atoms with E-state index in [2.05, 4.69) is 4.98 Å². The molecule has 2 aliphatic rings. The number of alkyl halides is 3. The van der Waals surface area contributed by atoms with Crippen LogP contribution in [0.15, 0.2) is 76.6 Å². The number of nitrogens with one attached hydrogen (secondary N) is 1. The second-order valence-electron chi connectivity index (χ2n) is 9.67. The van der Waals surface area contributed by atoms with Gasteiger partial charge in [-0.05, 0) is 35.9 Å². The standard InChI is InChI=1S/C28H17ClF3N3O6S2/c29-14-7-5-13(6-8-14)12-41-19-10-9-15(35(39)40)11-16(19)20-21-23(42-24-22(20)43-27(38)33-24)26(37)34(25(21)36)18-4-2-1-3-17(18)28(30,31)32/h1-11,20-21,23H,12H2,(H,33,38)/t20-,21?,23?/m1/s1. The van der Waals surface area contributed by atoms with E-state index in [1.165, 1.54) is 24.3 Å². The topological polar surface area (TPSA) is 123 Å². The molecule has 0 bridgehead atoms. The molecule has 1 saturated heterocycles. The highest BCUT2D eigenvalue weighted by Crippen LogP contribution is 2.55. The number of aromatic amines is 1. The summed E-state index contributed by atoms with van der Waals surface area (Å²) >= 11 is 7.59. The number of thioether (sulfide) groups is 1. The van der Waals surface area contributed by atoms with Crippen LogP contribution in [0.25, 0.3) is 0 Å². The van der Waals surface area contributed by atoms with Crippen LogP contribution < -0.4 is 14.5 Å². The van der Waals surface area contributed by atoms with Crippen molar-refractivity contribution in [1.82, 2.24) is 4.98 Å². The fourth-order valence-electron chi connectivity index (χ4n) is 5.26. The van der Waals surface area contributed by atoms with Gasteiger partial charge in [0, 0.05) is 33.5 Å². The van der Waals surface area contributed by atoms with Crippen molar-refractivity contribution in [2.75, 3.05) is 4.90 Å². The molecule has 43 heavy (non-hydrogen) atoms. The van der Waals surface area contributed by atoms with E-state index in [1.54, 1.807) is 24.3 Å². The molecule has 2 aliphatic heterocycles. The number of para-hydroxylation sites is 1. The summed E-state index contributed by atoms with van der Waals surface area (Å²) in [6.07, 6.45) is -4.86. The summed E-state index contributed by atoms with van der Waals surface area (Å²) in [6.45, 7) is 0.00569. The first-order valence-corrected chi connectivity index (χ1v) is 14.6. The summed E-state index contributed by atoms with van der Waals surface area (Å²) in [5.74, 6) is -4.10. The molecular weight excluding hydrogens is 631 g/mol. The number of nitrogens with zero attached hydrogens (tertiary/aromatic N) is 2. The molecule has 1 fully saturated rings. The number of fused-ring (bicyclic) bond motifs is 2. The maximum absolute atomic E-state index is 14.0. The Kier molecular flexibility index (Phi) is 7.30. The number of imide groups is 1. The number of carbonyl (C=O) groups excluding carboxylic acids is 2. The number of halogens is 4. The minimum absolute atomic E-state index is 0.00569. The van der Waals surface area contributed by atoms with Crippen molar-refractivity contribution in [1.29, 1.82) is 0 Å². The summed E-state index contributed by atoms with van der Waals surface area (Å²) in [5, 5.41) is 11.3. The molecule has 6 rings (SSSR count). The van der Waals surface area contributed by atoms with Crippen molar-refractivity contribution in [3.8, 4) is 5.75 Å². The molecule has 0 saturated carbocycles. The molecular formula is C28H17ClF3N3O6S2. The Morgan fingerprint density at radius 1 is 1.02 bits per heavy atom. The zero-order valence-electron chi connectivity index (χ0n) is 21.5. The minimum atomic E-state index is -4.86. The Morgan fingerprint density at radius 2 is 1.74 bits per heavy atom. The Labute approximate surface area is 253 Å². The van der Waals surface area contributed by atoms with Gasteiger partial charge in [0.25, 0.3) is 5.69 Å². The van der Waals surface area contributed by atoms with Gasteiger partial charge in [-0.25, -0.2) is 4.90 Å². The van der Waals surface area contributed by atoms with Crippen molar-refractivity contribution >= 4 is 57.9 Å². The second kappa shape index (κ2) is 10.8. The Balaban J connectivity index is 1.49. The van der Waals surface area contributed by atoms with E-state index in [0.29, 0.717) is 20.4 Å². The Hall–Kier alpha value is -4.14. The largest absolute Gasteiger partial charge is 0.489 e. The third-order valence-corrected chi connectivity index (χ3v) is 9.77. The predicted molar refractivity (Wildman–Crippen MR) is 153 cm³/mol. The number of carbonyl (C=O) groups is 2. The monoisotopic (exact) mass is 647 g/mol. The summed E-state index contributed by atoms with van der Waals surface area (Å²) in [5.41, 5.74) is -1.28. The number of nitro benzene ring substituents is 1. The van der Waals surface area contributed by atoms with Crippen LogP contribution in [0.3, 0.4) is 0 Å². The summed E-state index contributed by atoms with van der Waals surface area (Å²) in [4.78, 5) is 54.3. The molecule has 2 amide bonds. The predicted octanol–water partition coefficient (Wildman–Crippen LogP) is 6.39. The van der Waals surface area contributed by atoms with Gasteiger partial charge in [-0.15, -0.1) is 0 Å². The first kappa shape index (κ1) is 29.0. The summed E-state index contributed by atoms with van der Waals surface area (Å²) < 4.78 is 47.8. The van der Waals surface area contributed by atoms with Crippen molar-refractivity contribution in [2.45, 2.75) is 29.0 Å². The minimum Gasteiger partial charge on any atom is -0.489 e. The second-order valence-corrected chi connectivity index (χ2v) is 12.3. The van der Waals surface area contributed by atoms with E-state index >= 15 is 0 Å². The van der Waals surface area contributed by atoms with Gasteiger partial charge in [0.05, 0.1) is 27.1 Å². The highest BCUT2D eigenvalue weighted by atomic mass is 35.5. The number of non-ortho nitro benzene ring substituents is 1. The van der Waals surface area contributed by atoms with Crippen LogP contribution in [0.5, 0.6) is 5.75 Å². The average Bonchev–Trinajstić information content (AvgIpc) is 3.46. The molecule has 15 heteroatoms. The van der Waals surface area contributed by atoms with Gasteiger partial charge in [0.15, 0.2) is 0 Å². The molecule has 0 radical (unpaired) electrons. The SMILES string of the molecule is O=C1C2Sc3[nH]c(=O)sc3[C@H](c3cc([N+](=O)[O-])ccc3OCc3ccc(Cl)cc3)C2C(=O)N1c1ccccc1C(F)(F)F. The van der Waals surface area contributed by atoms with E-state index in [4.69, 9.17) is 16.3 Å². The van der Waals surface area contributed by atoms with Gasteiger partial charge in [0.1, 0.15) is 17.6 Å². The molecule has 0 spiro atoms. The summed E-state index contributed by atoms with van der Waals surface area (Å²) in [7, 11) is 0. The van der Waals surface area contributed by atoms with E-state index < -0.39 is 56.1 Å². The van der Waals surface area contributed by atoms with Gasteiger partial charge in [-0.1, -0.05) is 59.0 Å². The van der Waals surface area contributed by atoms with E-state index in [9.17, 15) is 37.7 Å². The first-order valence-electron chi connectivity index (χ1n) is 12.5. The number of H-pyrrole nitrogens is 1. The van der Waals surface area contributed by atoms with E-state index in [0.717, 1.165) is 41.3 Å². The van der Waals surface area contributed by atoms with Gasteiger partial charge in [-0.2, -0.15) is 13.2 Å². The molecule has 3 atom stereocenters. The smallest absolute Gasteiger partial charge is 0.418 e. The zero-order valence-corrected chi connectivity index (χ0v) is 23.9. The van der Waals surface area contributed by atoms with Crippen LogP contribution >= 0.6 is 34.7 Å². The number of nitro groups is 1. The number of aromatic nitrogens is 1. The number of benzene rings is 3. The fraction of sp³-hybridized carbons (Fsp3) is 0.179. The third kappa shape index (κ3) is 5.19. The lowest BCUT2D eigenvalue weighted by molar-refractivity contribution is -0.385. The van der Waals surface area contributed by atoms with Crippen molar-refractivity contribution < 1.29 is 32.4 Å². The molecule has 3 heterocycles. The van der Waals surface area contributed by atoms with Crippen LogP contribution in [-0.2, 0) is 22.4 Å². The number of amides is 2. The normalized spacial score (nSPS) is 19.7. The van der Waals surface area contributed by atoms with Crippen molar-refractivity contribution in [2.24, 2.45) is 5.92 Å². The highest BCUT2D eigenvalue weighted by molar-refractivity contribution is 8.00. The number of ether oxygens (including phenoxy) is 1. The molecule has 0 aliphatic carbocycles. The van der Waals surface area contributed by atoms with Crippen LogP contribution in [0, 0.1) is 16.0 Å². The Bertz CT molecular complexity index is 1840. The quantitative estimate of drug-likeness (QED) is 0.146. The third-order valence-electron chi connectivity index (χ3n) is 7.12. The van der Waals surface area contributed by atoms with Gasteiger partial charge in [0.2, 0.25) is 11.8 Å². The number of hydrogen-bond donors (Lipinski definition) is 1. The highest BCUT2D eigenvalue weighted by Gasteiger charge is 2.58. The number of thiazole rings is 1. The molecule has 1 aromatic heterocycles.